The first kappa shape index (κ1) is 14.6. The molecule has 1 heterocycles. The molecular formula is C15H24ClN3. The third-order valence-corrected chi connectivity index (χ3v) is 4.15. The molecule has 0 spiro atoms. The maximum absolute atomic E-state index is 6.22. The van der Waals surface area contributed by atoms with Gasteiger partial charge in [0, 0.05) is 49.0 Å². The zero-order valence-corrected chi connectivity index (χ0v) is 12.9. The largest absolute Gasteiger partial charge is 0.399 e. The molecule has 3 nitrogen and oxygen atoms in total. The minimum absolute atomic E-state index is 0.265. The molecular weight excluding hydrogens is 258 g/mol. The summed E-state index contributed by atoms with van der Waals surface area (Å²) in [5.74, 6) is 0. The number of anilines is 1. The van der Waals surface area contributed by atoms with Crippen molar-refractivity contribution < 1.29 is 0 Å². The number of hydrogen-bond donors (Lipinski definition) is 1. The van der Waals surface area contributed by atoms with Gasteiger partial charge in [-0.15, -0.1) is 0 Å². The van der Waals surface area contributed by atoms with Gasteiger partial charge in [0.05, 0.1) is 0 Å². The monoisotopic (exact) mass is 281 g/mol. The van der Waals surface area contributed by atoms with Crippen molar-refractivity contribution in [3.8, 4) is 0 Å². The second-order valence-corrected chi connectivity index (χ2v) is 6.69. The molecule has 1 fully saturated rings. The van der Waals surface area contributed by atoms with Gasteiger partial charge in [-0.05, 0) is 44.5 Å². The fourth-order valence-corrected chi connectivity index (χ4v) is 2.71. The molecule has 1 saturated heterocycles. The first-order valence-electron chi connectivity index (χ1n) is 6.87. The smallest absolute Gasteiger partial charge is 0.0452 e. The van der Waals surface area contributed by atoms with Crippen LogP contribution in [0.15, 0.2) is 18.2 Å². The summed E-state index contributed by atoms with van der Waals surface area (Å²) in [6.07, 6.45) is 0. The zero-order chi connectivity index (χ0) is 14.0. The Kier molecular flexibility index (Phi) is 4.39. The lowest BCUT2D eigenvalue weighted by molar-refractivity contribution is 0.0591. The molecule has 0 unspecified atom stereocenters. The Labute approximate surface area is 121 Å². The van der Waals surface area contributed by atoms with E-state index in [1.54, 1.807) is 0 Å². The van der Waals surface area contributed by atoms with E-state index in [9.17, 15) is 0 Å². The fourth-order valence-electron chi connectivity index (χ4n) is 2.53. The molecule has 1 aromatic carbocycles. The van der Waals surface area contributed by atoms with Gasteiger partial charge in [-0.25, -0.2) is 0 Å². The summed E-state index contributed by atoms with van der Waals surface area (Å²) in [6, 6.07) is 5.72. The van der Waals surface area contributed by atoms with Crippen molar-refractivity contribution in [2.24, 2.45) is 0 Å². The summed E-state index contributed by atoms with van der Waals surface area (Å²) in [5.41, 5.74) is 8.01. The molecule has 0 saturated carbocycles. The quantitative estimate of drug-likeness (QED) is 0.846. The number of nitrogens with zero attached hydrogens (tertiary/aromatic N) is 2. The van der Waals surface area contributed by atoms with E-state index >= 15 is 0 Å². The third kappa shape index (κ3) is 3.85. The standard InChI is InChI=1S/C15H24ClN3/c1-15(2,3)19-8-6-18(7-9-19)11-12-10-13(17)4-5-14(12)16/h4-5,10H,6-9,11,17H2,1-3H3. The van der Waals surface area contributed by atoms with Gasteiger partial charge in [-0.3, -0.25) is 9.80 Å². The Bertz CT molecular complexity index is 432. The molecule has 1 aliphatic rings. The Hall–Kier alpha value is -0.770. The van der Waals surface area contributed by atoms with Crippen LogP contribution in [0.25, 0.3) is 0 Å². The van der Waals surface area contributed by atoms with Crippen LogP contribution in [0.5, 0.6) is 0 Å². The van der Waals surface area contributed by atoms with Crippen LogP contribution < -0.4 is 5.73 Å². The maximum Gasteiger partial charge on any atom is 0.0452 e. The topological polar surface area (TPSA) is 32.5 Å². The van der Waals surface area contributed by atoms with E-state index in [1.165, 1.54) is 0 Å². The molecule has 0 aliphatic carbocycles. The van der Waals surface area contributed by atoms with Crippen LogP contribution in [0.1, 0.15) is 26.3 Å². The van der Waals surface area contributed by atoms with Crippen LogP contribution in [-0.2, 0) is 6.54 Å². The molecule has 1 aromatic rings. The van der Waals surface area contributed by atoms with Crippen molar-refractivity contribution in [2.45, 2.75) is 32.9 Å². The first-order valence-corrected chi connectivity index (χ1v) is 7.25. The summed E-state index contributed by atoms with van der Waals surface area (Å²) >= 11 is 6.22. The van der Waals surface area contributed by atoms with E-state index in [0.717, 1.165) is 49.0 Å². The lowest BCUT2D eigenvalue weighted by Gasteiger charge is -2.42. The molecule has 0 bridgehead atoms. The molecule has 0 radical (unpaired) electrons. The van der Waals surface area contributed by atoms with E-state index in [1.807, 2.05) is 18.2 Å². The molecule has 2 rings (SSSR count). The average Bonchev–Trinajstić information content (AvgIpc) is 2.33. The van der Waals surface area contributed by atoms with Crippen molar-refractivity contribution in [3.05, 3.63) is 28.8 Å². The number of rotatable bonds is 2. The highest BCUT2D eigenvalue weighted by Gasteiger charge is 2.25. The second-order valence-electron chi connectivity index (χ2n) is 6.28. The normalized spacial score (nSPS) is 18.7. The van der Waals surface area contributed by atoms with E-state index in [4.69, 9.17) is 17.3 Å². The SMILES string of the molecule is CC(C)(C)N1CCN(Cc2cc(N)ccc2Cl)CC1. The zero-order valence-electron chi connectivity index (χ0n) is 12.1. The number of piperazine rings is 1. The average molecular weight is 282 g/mol. The number of nitrogen functional groups attached to an aromatic ring is 1. The predicted octanol–water partition coefficient (Wildman–Crippen LogP) is 2.84. The Morgan fingerprint density at radius 3 is 2.37 bits per heavy atom. The number of hydrogen-bond acceptors (Lipinski definition) is 3. The van der Waals surface area contributed by atoms with Gasteiger partial charge < -0.3 is 5.73 Å². The number of benzene rings is 1. The van der Waals surface area contributed by atoms with Gasteiger partial charge in [0.25, 0.3) is 0 Å². The minimum atomic E-state index is 0.265. The van der Waals surface area contributed by atoms with Crippen molar-refractivity contribution in [3.63, 3.8) is 0 Å². The van der Waals surface area contributed by atoms with Crippen molar-refractivity contribution in [1.29, 1.82) is 0 Å². The highest BCUT2D eigenvalue weighted by atomic mass is 35.5. The highest BCUT2D eigenvalue weighted by molar-refractivity contribution is 6.31. The van der Waals surface area contributed by atoms with Crippen LogP contribution in [0.3, 0.4) is 0 Å². The van der Waals surface area contributed by atoms with Gasteiger partial charge in [0.15, 0.2) is 0 Å². The Morgan fingerprint density at radius 1 is 1.16 bits per heavy atom. The molecule has 4 heteroatoms. The summed E-state index contributed by atoms with van der Waals surface area (Å²) < 4.78 is 0. The van der Waals surface area contributed by atoms with Gasteiger partial charge in [-0.2, -0.15) is 0 Å². The van der Waals surface area contributed by atoms with E-state index in [0.29, 0.717) is 0 Å². The fraction of sp³-hybridized carbons (Fsp3) is 0.600. The van der Waals surface area contributed by atoms with E-state index in [2.05, 4.69) is 30.6 Å². The molecule has 0 aromatic heterocycles. The Morgan fingerprint density at radius 2 is 1.79 bits per heavy atom. The number of halogens is 1. The second kappa shape index (κ2) is 5.70. The Balaban J connectivity index is 1.94. The van der Waals surface area contributed by atoms with E-state index < -0.39 is 0 Å². The summed E-state index contributed by atoms with van der Waals surface area (Å²) in [4.78, 5) is 4.98. The third-order valence-electron chi connectivity index (χ3n) is 3.78. The van der Waals surface area contributed by atoms with E-state index in [-0.39, 0.29) is 5.54 Å². The van der Waals surface area contributed by atoms with Gasteiger partial charge >= 0.3 is 0 Å². The van der Waals surface area contributed by atoms with Crippen LogP contribution >= 0.6 is 11.6 Å². The van der Waals surface area contributed by atoms with Gasteiger partial charge in [0.2, 0.25) is 0 Å². The van der Waals surface area contributed by atoms with Crippen LogP contribution in [0.4, 0.5) is 5.69 Å². The molecule has 0 amide bonds. The minimum Gasteiger partial charge on any atom is -0.399 e. The molecule has 106 valence electrons. The molecule has 0 atom stereocenters. The van der Waals surface area contributed by atoms with Crippen molar-refractivity contribution >= 4 is 17.3 Å². The highest BCUT2D eigenvalue weighted by Crippen LogP contribution is 2.22. The maximum atomic E-state index is 6.22. The molecule has 2 N–H and O–H groups in total. The summed E-state index contributed by atoms with van der Waals surface area (Å²) in [6.45, 7) is 12.1. The van der Waals surface area contributed by atoms with Crippen molar-refractivity contribution in [1.82, 2.24) is 9.80 Å². The first-order chi connectivity index (χ1) is 8.86. The lowest BCUT2D eigenvalue weighted by atomic mass is 10.0. The summed E-state index contributed by atoms with van der Waals surface area (Å²) in [5, 5.41) is 0.812. The molecule has 1 aliphatic heterocycles. The summed E-state index contributed by atoms with van der Waals surface area (Å²) in [7, 11) is 0. The predicted molar refractivity (Wildman–Crippen MR) is 82.5 cm³/mol. The number of nitrogens with two attached hydrogens (primary N) is 1. The lowest BCUT2D eigenvalue weighted by Crippen LogP contribution is -2.53. The molecule has 19 heavy (non-hydrogen) atoms. The van der Waals surface area contributed by atoms with Gasteiger partial charge in [0.1, 0.15) is 0 Å². The van der Waals surface area contributed by atoms with Gasteiger partial charge in [-0.1, -0.05) is 11.6 Å². The van der Waals surface area contributed by atoms with Crippen molar-refractivity contribution in [2.75, 3.05) is 31.9 Å². The van der Waals surface area contributed by atoms with Crippen LogP contribution in [0.2, 0.25) is 5.02 Å². The van der Waals surface area contributed by atoms with Crippen LogP contribution in [0, 0.1) is 0 Å². The van der Waals surface area contributed by atoms with Crippen LogP contribution in [-0.4, -0.2) is 41.5 Å².